The number of nitrogens with zero attached hydrogens (tertiary/aromatic N) is 3. The van der Waals surface area contributed by atoms with Gasteiger partial charge in [0.25, 0.3) is 0 Å². The van der Waals surface area contributed by atoms with E-state index < -0.39 is 0 Å². The first-order valence-corrected chi connectivity index (χ1v) is 11.3. The average molecular weight is 420 g/mol. The van der Waals surface area contributed by atoms with Crippen LogP contribution in [-0.4, -0.2) is 52.9 Å². The monoisotopic (exact) mass is 419 g/mol. The van der Waals surface area contributed by atoms with Crippen LogP contribution in [0.1, 0.15) is 36.4 Å². The van der Waals surface area contributed by atoms with Crippen LogP contribution in [0.15, 0.2) is 29.6 Å². The number of hydrogen-bond donors (Lipinski definition) is 0. The molecule has 1 aromatic carbocycles. The molecule has 1 atom stereocenters. The van der Waals surface area contributed by atoms with Crippen LogP contribution in [0.25, 0.3) is 0 Å². The molecule has 1 amide bonds. The van der Waals surface area contributed by atoms with E-state index in [4.69, 9.17) is 16.3 Å². The molecular weight excluding hydrogens is 394 g/mol. The van der Waals surface area contributed by atoms with E-state index in [-0.39, 0.29) is 5.91 Å². The number of rotatable bonds is 7. The predicted molar refractivity (Wildman–Crippen MR) is 112 cm³/mol. The Morgan fingerprint density at radius 3 is 2.75 bits per heavy atom. The highest BCUT2D eigenvalue weighted by molar-refractivity contribution is 7.09. The molecular formula is C21H26ClN3O2S. The second kappa shape index (κ2) is 9.25. The van der Waals surface area contributed by atoms with Gasteiger partial charge in [-0.05, 0) is 63.0 Å². The van der Waals surface area contributed by atoms with E-state index in [1.165, 1.54) is 25.9 Å². The third-order valence-electron chi connectivity index (χ3n) is 5.47. The number of ether oxygens (including phenoxy) is 1. The Kier molecular flexibility index (Phi) is 6.50. The maximum absolute atomic E-state index is 12.8. The lowest BCUT2D eigenvalue weighted by atomic mass is 10.2. The summed E-state index contributed by atoms with van der Waals surface area (Å²) in [6, 6.07) is 7.66. The quantitative estimate of drug-likeness (QED) is 0.680. The molecule has 0 saturated carbocycles. The molecule has 0 bridgehead atoms. The molecule has 4 rings (SSSR count). The van der Waals surface area contributed by atoms with E-state index in [1.54, 1.807) is 23.5 Å². The van der Waals surface area contributed by atoms with E-state index in [1.807, 2.05) is 17.5 Å². The molecule has 2 aliphatic rings. The van der Waals surface area contributed by atoms with Gasteiger partial charge in [-0.15, -0.1) is 11.3 Å². The van der Waals surface area contributed by atoms with Crippen LogP contribution >= 0.6 is 22.9 Å². The zero-order valence-corrected chi connectivity index (χ0v) is 17.6. The molecule has 2 aromatic rings. The van der Waals surface area contributed by atoms with Crippen molar-refractivity contribution in [1.82, 2.24) is 14.8 Å². The fourth-order valence-corrected chi connectivity index (χ4v) is 4.88. The maximum atomic E-state index is 12.8. The Morgan fingerprint density at radius 1 is 1.18 bits per heavy atom. The SMILES string of the molecule is O=C(Cc1csc(COc2ccc(Cl)cc2)n1)N1CCCC1CN1CCCC1. The molecule has 5 nitrogen and oxygen atoms in total. The van der Waals surface area contributed by atoms with E-state index in [2.05, 4.69) is 14.8 Å². The number of hydrogen-bond acceptors (Lipinski definition) is 5. The topological polar surface area (TPSA) is 45.7 Å². The van der Waals surface area contributed by atoms with Crippen molar-refractivity contribution in [2.45, 2.75) is 44.8 Å². The average Bonchev–Trinajstić information content (AvgIpc) is 3.44. The molecule has 3 heterocycles. The molecule has 0 spiro atoms. The maximum Gasteiger partial charge on any atom is 0.228 e. The van der Waals surface area contributed by atoms with Crippen LogP contribution in [-0.2, 0) is 17.8 Å². The van der Waals surface area contributed by atoms with Gasteiger partial charge in [0, 0.05) is 29.5 Å². The highest BCUT2D eigenvalue weighted by atomic mass is 35.5. The molecule has 1 unspecified atom stereocenters. The molecule has 1 aromatic heterocycles. The molecule has 2 fully saturated rings. The second-order valence-corrected chi connectivity index (χ2v) is 8.92. The van der Waals surface area contributed by atoms with Gasteiger partial charge in [-0.3, -0.25) is 4.79 Å². The number of amides is 1. The number of likely N-dealkylation sites (tertiary alicyclic amines) is 2. The number of benzene rings is 1. The second-order valence-electron chi connectivity index (χ2n) is 7.54. The van der Waals surface area contributed by atoms with Gasteiger partial charge in [0.15, 0.2) is 0 Å². The van der Waals surface area contributed by atoms with Crippen LogP contribution in [0.5, 0.6) is 5.75 Å². The Hall–Kier alpha value is -1.63. The third-order valence-corrected chi connectivity index (χ3v) is 6.60. The van der Waals surface area contributed by atoms with Crippen LogP contribution in [0.3, 0.4) is 0 Å². The number of carbonyl (C=O) groups is 1. The minimum atomic E-state index is 0.206. The summed E-state index contributed by atoms with van der Waals surface area (Å²) in [6.07, 6.45) is 5.20. The summed E-state index contributed by atoms with van der Waals surface area (Å²) >= 11 is 7.43. The van der Waals surface area contributed by atoms with Crippen molar-refractivity contribution in [1.29, 1.82) is 0 Å². The van der Waals surface area contributed by atoms with Gasteiger partial charge in [0.1, 0.15) is 17.4 Å². The Balaban J connectivity index is 1.29. The molecule has 2 aliphatic heterocycles. The first-order valence-electron chi connectivity index (χ1n) is 10.0. The highest BCUT2D eigenvalue weighted by Crippen LogP contribution is 2.22. The van der Waals surface area contributed by atoms with Gasteiger partial charge in [-0.25, -0.2) is 4.98 Å². The van der Waals surface area contributed by atoms with Crippen LogP contribution in [0.2, 0.25) is 5.02 Å². The van der Waals surface area contributed by atoms with Crippen molar-refractivity contribution in [2.24, 2.45) is 0 Å². The lowest BCUT2D eigenvalue weighted by Crippen LogP contribution is -2.43. The minimum absolute atomic E-state index is 0.206. The fraction of sp³-hybridized carbons (Fsp3) is 0.524. The van der Waals surface area contributed by atoms with Gasteiger partial charge in [-0.2, -0.15) is 0 Å². The van der Waals surface area contributed by atoms with Crippen LogP contribution in [0, 0.1) is 0 Å². The fourth-order valence-electron chi connectivity index (χ4n) is 4.05. The van der Waals surface area contributed by atoms with Crippen LogP contribution < -0.4 is 4.74 Å². The molecule has 0 N–H and O–H groups in total. The zero-order valence-electron chi connectivity index (χ0n) is 16.0. The van der Waals surface area contributed by atoms with Crippen molar-refractivity contribution in [2.75, 3.05) is 26.2 Å². The van der Waals surface area contributed by atoms with Crippen molar-refractivity contribution >= 4 is 28.8 Å². The number of carbonyl (C=O) groups excluding carboxylic acids is 1. The summed E-state index contributed by atoms with van der Waals surface area (Å²) in [4.78, 5) is 22.0. The zero-order chi connectivity index (χ0) is 19.3. The number of halogens is 1. The van der Waals surface area contributed by atoms with E-state index in [9.17, 15) is 4.79 Å². The summed E-state index contributed by atoms with van der Waals surface area (Å²) in [5.74, 6) is 0.969. The Morgan fingerprint density at radius 2 is 1.96 bits per heavy atom. The van der Waals surface area contributed by atoms with Gasteiger partial charge in [0.2, 0.25) is 5.91 Å². The van der Waals surface area contributed by atoms with Gasteiger partial charge in [-0.1, -0.05) is 11.6 Å². The van der Waals surface area contributed by atoms with E-state index >= 15 is 0 Å². The largest absolute Gasteiger partial charge is 0.486 e. The van der Waals surface area contributed by atoms with Gasteiger partial charge in [0.05, 0.1) is 12.1 Å². The lowest BCUT2D eigenvalue weighted by Gasteiger charge is -2.28. The standard InChI is InChI=1S/C21H26ClN3O2S/c22-16-5-7-19(8-6-16)27-14-20-23-17(15-28-20)12-21(26)25-11-3-4-18(25)13-24-9-1-2-10-24/h5-8,15,18H,1-4,9-14H2. The first-order chi connectivity index (χ1) is 13.7. The first kappa shape index (κ1) is 19.7. The van der Waals surface area contributed by atoms with E-state index in [0.29, 0.717) is 24.1 Å². The summed E-state index contributed by atoms with van der Waals surface area (Å²) < 4.78 is 5.74. The molecule has 7 heteroatoms. The minimum Gasteiger partial charge on any atom is -0.486 e. The molecule has 0 aliphatic carbocycles. The van der Waals surface area contributed by atoms with E-state index in [0.717, 1.165) is 42.4 Å². The molecule has 2 saturated heterocycles. The summed E-state index contributed by atoms with van der Waals surface area (Å²) in [7, 11) is 0. The van der Waals surface area contributed by atoms with Crippen molar-refractivity contribution < 1.29 is 9.53 Å². The van der Waals surface area contributed by atoms with Crippen molar-refractivity contribution in [3.05, 3.63) is 45.4 Å². The summed E-state index contributed by atoms with van der Waals surface area (Å²) in [5.41, 5.74) is 0.844. The molecule has 150 valence electrons. The van der Waals surface area contributed by atoms with Gasteiger partial charge < -0.3 is 14.5 Å². The van der Waals surface area contributed by atoms with Crippen molar-refractivity contribution in [3.63, 3.8) is 0 Å². The lowest BCUT2D eigenvalue weighted by molar-refractivity contribution is -0.131. The van der Waals surface area contributed by atoms with Gasteiger partial charge >= 0.3 is 0 Å². The van der Waals surface area contributed by atoms with Crippen molar-refractivity contribution in [3.8, 4) is 5.75 Å². The highest BCUT2D eigenvalue weighted by Gasteiger charge is 2.30. The third kappa shape index (κ3) is 5.04. The Bertz CT molecular complexity index is 789. The summed E-state index contributed by atoms with van der Waals surface area (Å²) in [6.45, 7) is 4.68. The smallest absolute Gasteiger partial charge is 0.228 e. The number of thiazole rings is 1. The number of aromatic nitrogens is 1. The molecule has 28 heavy (non-hydrogen) atoms. The summed E-state index contributed by atoms with van der Waals surface area (Å²) in [5, 5.41) is 3.55. The predicted octanol–water partition coefficient (Wildman–Crippen LogP) is 4.00. The Labute approximate surface area is 175 Å². The van der Waals surface area contributed by atoms with Crippen LogP contribution in [0.4, 0.5) is 0 Å². The molecule has 0 radical (unpaired) electrons. The normalized spacial score (nSPS) is 20.0.